The summed E-state index contributed by atoms with van der Waals surface area (Å²) < 4.78 is 26.5. The Morgan fingerprint density at radius 1 is 0.931 bits per heavy atom. The second-order valence-electron chi connectivity index (χ2n) is 7.74. The zero-order chi connectivity index (χ0) is 20.4. The van der Waals surface area contributed by atoms with E-state index in [9.17, 15) is 18.4 Å². The highest BCUT2D eigenvalue weighted by atomic mass is 19.1. The van der Waals surface area contributed by atoms with Crippen molar-refractivity contribution in [3.8, 4) is 0 Å². The van der Waals surface area contributed by atoms with Crippen molar-refractivity contribution in [2.75, 3.05) is 5.32 Å². The van der Waals surface area contributed by atoms with Crippen LogP contribution in [-0.2, 0) is 0 Å². The molecule has 0 aliphatic carbocycles. The highest BCUT2D eigenvalue weighted by Gasteiger charge is 2.41. The fourth-order valence-corrected chi connectivity index (χ4v) is 4.46. The van der Waals surface area contributed by atoms with Crippen LogP contribution in [0.3, 0.4) is 0 Å². The molecule has 0 aromatic heterocycles. The Kier molecular flexibility index (Phi) is 5.47. The lowest BCUT2D eigenvalue weighted by Crippen LogP contribution is -2.59. The molecule has 0 radical (unpaired) electrons. The lowest BCUT2D eigenvalue weighted by molar-refractivity contribution is 0.0577. The number of carbonyl (C=O) groups is 2. The van der Waals surface area contributed by atoms with Crippen LogP contribution in [0, 0.1) is 11.6 Å². The van der Waals surface area contributed by atoms with Crippen LogP contribution in [0.4, 0.5) is 19.3 Å². The van der Waals surface area contributed by atoms with Crippen LogP contribution in [0.1, 0.15) is 42.5 Å². The van der Waals surface area contributed by atoms with Gasteiger partial charge in [-0.25, -0.2) is 13.6 Å². The normalized spacial score (nSPS) is 23.4. The van der Waals surface area contributed by atoms with Gasteiger partial charge in [-0.15, -0.1) is 0 Å². The predicted molar refractivity (Wildman–Crippen MR) is 106 cm³/mol. The van der Waals surface area contributed by atoms with E-state index in [1.165, 1.54) is 36.4 Å². The minimum atomic E-state index is -0.398. The lowest BCUT2D eigenvalue weighted by atomic mass is 9.82. The molecule has 2 saturated heterocycles. The minimum Gasteiger partial charge on any atom is -0.349 e. The molecule has 152 valence electrons. The molecule has 2 aromatic carbocycles. The van der Waals surface area contributed by atoms with Gasteiger partial charge in [0.2, 0.25) is 0 Å². The van der Waals surface area contributed by atoms with Crippen LogP contribution < -0.4 is 10.6 Å². The molecule has 2 atom stereocenters. The van der Waals surface area contributed by atoms with E-state index < -0.39 is 5.82 Å². The molecule has 0 saturated carbocycles. The molecule has 2 aliphatic rings. The standard InChI is InChI=1S/C22H23F2N3O2/c23-15-9-7-14(8-10-15)21(28)25-18-12-19-5-2-6-20(13-18)27(19)22(29)26-17-4-1-3-16(24)11-17/h1,3-4,7-11,18-20H,2,5-6,12-13H2,(H,25,28)(H,26,29)/t19-,20-/m1/s1. The van der Waals surface area contributed by atoms with Crippen LogP contribution in [0.2, 0.25) is 0 Å². The number of urea groups is 1. The second-order valence-corrected chi connectivity index (χ2v) is 7.74. The molecule has 2 N–H and O–H groups in total. The van der Waals surface area contributed by atoms with Crippen LogP contribution in [-0.4, -0.2) is 35.0 Å². The summed E-state index contributed by atoms with van der Waals surface area (Å²) in [5.74, 6) is -1.01. The lowest BCUT2D eigenvalue weighted by Gasteiger charge is -2.48. The highest BCUT2D eigenvalue weighted by Crippen LogP contribution is 2.34. The van der Waals surface area contributed by atoms with Gasteiger partial charge >= 0.3 is 6.03 Å². The third kappa shape index (κ3) is 4.39. The van der Waals surface area contributed by atoms with Gasteiger partial charge < -0.3 is 15.5 Å². The van der Waals surface area contributed by atoms with Crippen molar-refractivity contribution in [2.45, 2.75) is 50.2 Å². The summed E-state index contributed by atoms with van der Waals surface area (Å²) in [5.41, 5.74) is 0.850. The summed E-state index contributed by atoms with van der Waals surface area (Å²) in [5, 5.41) is 5.82. The summed E-state index contributed by atoms with van der Waals surface area (Å²) in [6.45, 7) is 0. The molecular formula is C22H23F2N3O2. The van der Waals surface area contributed by atoms with Gasteiger partial charge in [0.25, 0.3) is 5.91 Å². The number of halogens is 2. The van der Waals surface area contributed by atoms with E-state index in [-0.39, 0.29) is 35.9 Å². The molecule has 29 heavy (non-hydrogen) atoms. The van der Waals surface area contributed by atoms with E-state index in [0.717, 1.165) is 19.3 Å². The molecule has 2 bridgehead atoms. The molecule has 2 heterocycles. The first-order valence-corrected chi connectivity index (χ1v) is 9.91. The van der Waals surface area contributed by atoms with Gasteiger partial charge in [0.05, 0.1) is 0 Å². The summed E-state index contributed by atoms with van der Waals surface area (Å²) in [4.78, 5) is 27.2. The number of carbonyl (C=O) groups excluding carboxylic acids is 2. The Labute approximate surface area is 168 Å². The summed E-state index contributed by atoms with van der Waals surface area (Å²) in [6, 6.07) is 11.1. The Bertz CT molecular complexity index is 889. The van der Waals surface area contributed by atoms with E-state index in [1.54, 1.807) is 12.1 Å². The number of nitrogens with one attached hydrogen (secondary N) is 2. The number of nitrogens with zero attached hydrogens (tertiary/aromatic N) is 1. The van der Waals surface area contributed by atoms with Gasteiger partial charge in [-0.2, -0.15) is 0 Å². The molecule has 7 heteroatoms. The van der Waals surface area contributed by atoms with Crippen molar-refractivity contribution in [3.63, 3.8) is 0 Å². The van der Waals surface area contributed by atoms with Crippen LogP contribution in [0.15, 0.2) is 48.5 Å². The maximum atomic E-state index is 13.4. The predicted octanol–water partition coefficient (Wildman–Crippen LogP) is 4.31. The van der Waals surface area contributed by atoms with E-state index >= 15 is 0 Å². The number of amides is 3. The summed E-state index contributed by atoms with van der Waals surface area (Å²) in [6.07, 6.45) is 4.11. The van der Waals surface area contributed by atoms with Gasteiger partial charge in [-0.3, -0.25) is 4.79 Å². The van der Waals surface area contributed by atoms with Gasteiger partial charge in [-0.05, 0) is 74.6 Å². The SMILES string of the molecule is O=C(NC1C[C@H]2CCC[C@H](C1)N2C(=O)Nc1cccc(F)c1)c1ccc(F)cc1. The molecular weight excluding hydrogens is 376 g/mol. The summed E-state index contributed by atoms with van der Waals surface area (Å²) in [7, 11) is 0. The van der Waals surface area contributed by atoms with Crippen molar-refractivity contribution in [1.29, 1.82) is 0 Å². The number of anilines is 1. The van der Waals surface area contributed by atoms with Crippen molar-refractivity contribution in [2.24, 2.45) is 0 Å². The number of hydrogen-bond acceptors (Lipinski definition) is 2. The van der Waals surface area contributed by atoms with E-state index in [2.05, 4.69) is 10.6 Å². The maximum Gasteiger partial charge on any atom is 0.322 e. The quantitative estimate of drug-likeness (QED) is 0.808. The molecule has 2 aromatic rings. The minimum absolute atomic E-state index is 0.0228. The second kappa shape index (κ2) is 8.19. The smallest absolute Gasteiger partial charge is 0.322 e. The highest BCUT2D eigenvalue weighted by molar-refractivity contribution is 5.94. The van der Waals surface area contributed by atoms with Crippen molar-refractivity contribution in [3.05, 3.63) is 65.7 Å². The number of piperidine rings is 2. The van der Waals surface area contributed by atoms with Gasteiger partial charge in [-0.1, -0.05) is 6.07 Å². The van der Waals surface area contributed by atoms with Gasteiger partial charge in [0.15, 0.2) is 0 Å². The third-order valence-corrected chi connectivity index (χ3v) is 5.73. The average Bonchev–Trinajstić information content (AvgIpc) is 2.67. The van der Waals surface area contributed by atoms with Crippen LogP contribution in [0.25, 0.3) is 0 Å². The monoisotopic (exact) mass is 399 g/mol. The topological polar surface area (TPSA) is 61.4 Å². The molecule has 0 unspecified atom stereocenters. The van der Waals surface area contributed by atoms with Crippen molar-refractivity contribution in [1.82, 2.24) is 10.2 Å². The fraction of sp³-hybridized carbons (Fsp3) is 0.364. The number of rotatable bonds is 3. The van der Waals surface area contributed by atoms with Crippen molar-refractivity contribution < 1.29 is 18.4 Å². The average molecular weight is 399 g/mol. The zero-order valence-electron chi connectivity index (χ0n) is 15.9. The zero-order valence-corrected chi connectivity index (χ0v) is 15.9. The first-order chi connectivity index (χ1) is 14.0. The first kappa shape index (κ1) is 19.4. The van der Waals surface area contributed by atoms with E-state index in [1.807, 2.05) is 4.90 Å². The van der Waals surface area contributed by atoms with Crippen LogP contribution in [0.5, 0.6) is 0 Å². The van der Waals surface area contributed by atoms with E-state index in [0.29, 0.717) is 24.1 Å². The Balaban J connectivity index is 1.41. The maximum absolute atomic E-state index is 13.4. The first-order valence-electron chi connectivity index (χ1n) is 9.91. The van der Waals surface area contributed by atoms with Gasteiger partial charge in [0.1, 0.15) is 11.6 Å². The molecule has 4 rings (SSSR count). The Morgan fingerprint density at radius 3 is 2.28 bits per heavy atom. The molecule has 0 spiro atoms. The molecule has 5 nitrogen and oxygen atoms in total. The van der Waals surface area contributed by atoms with Gasteiger partial charge in [0, 0.05) is 29.4 Å². The number of hydrogen-bond donors (Lipinski definition) is 2. The molecule has 3 amide bonds. The summed E-state index contributed by atoms with van der Waals surface area (Å²) >= 11 is 0. The molecule has 2 aliphatic heterocycles. The number of benzene rings is 2. The third-order valence-electron chi connectivity index (χ3n) is 5.73. The molecule has 2 fully saturated rings. The van der Waals surface area contributed by atoms with E-state index in [4.69, 9.17) is 0 Å². The Hall–Kier alpha value is -2.96. The number of fused-ring (bicyclic) bond motifs is 2. The van der Waals surface area contributed by atoms with Crippen LogP contribution >= 0.6 is 0 Å². The Morgan fingerprint density at radius 2 is 1.62 bits per heavy atom. The fourth-order valence-electron chi connectivity index (χ4n) is 4.46. The largest absolute Gasteiger partial charge is 0.349 e. The van der Waals surface area contributed by atoms with Crippen molar-refractivity contribution >= 4 is 17.6 Å².